The van der Waals surface area contributed by atoms with Crippen LogP contribution in [0.2, 0.25) is 0 Å². The highest BCUT2D eigenvalue weighted by Crippen LogP contribution is 2.26. The highest BCUT2D eigenvalue weighted by molar-refractivity contribution is 5.36. The fourth-order valence-corrected chi connectivity index (χ4v) is 2.27. The van der Waals surface area contributed by atoms with Crippen molar-refractivity contribution in [1.82, 2.24) is 5.32 Å². The number of aryl methyl sites for hydroxylation is 1. The van der Waals surface area contributed by atoms with Gasteiger partial charge < -0.3 is 5.32 Å². The van der Waals surface area contributed by atoms with Crippen molar-refractivity contribution < 1.29 is 0 Å². The average molecular weight is 189 g/mol. The first-order valence-corrected chi connectivity index (χ1v) is 5.70. The molecule has 0 bridgehead atoms. The van der Waals surface area contributed by atoms with Crippen LogP contribution in [0, 0.1) is 0 Å². The van der Waals surface area contributed by atoms with E-state index in [0.717, 1.165) is 13.0 Å². The summed E-state index contributed by atoms with van der Waals surface area (Å²) in [7, 11) is 0. The molecule has 76 valence electrons. The second kappa shape index (κ2) is 4.14. The van der Waals surface area contributed by atoms with Crippen molar-refractivity contribution >= 4 is 0 Å². The van der Waals surface area contributed by atoms with Gasteiger partial charge in [-0.25, -0.2) is 0 Å². The zero-order valence-corrected chi connectivity index (χ0v) is 9.14. The van der Waals surface area contributed by atoms with E-state index < -0.39 is 0 Å². The fourth-order valence-electron chi connectivity index (χ4n) is 2.27. The number of nitrogens with one attached hydrogen (secondary N) is 1. The number of hydrogen-bond acceptors (Lipinski definition) is 1. The van der Waals surface area contributed by atoms with Gasteiger partial charge in [0, 0.05) is 6.04 Å². The Hall–Kier alpha value is -0.820. The second-order valence-electron chi connectivity index (χ2n) is 4.05. The molecule has 1 atom stereocenters. The maximum atomic E-state index is 3.58. The van der Waals surface area contributed by atoms with Crippen LogP contribution in [0.15, 0.2) is 18.2 Å². The molecule has 0 aliphatic carbocycles. The van der Waals surface area contributed by atoms with Crippen LogP contribution < -0.4 is 5.32 Å². The first kappa shape index (κ1) is 9.72. The first-order valence-electron chi connectivity index (χ1n) is 5.70. The van der Waals surface area contributed by atoms with Crippen LogP contribution in [-0.4, -0.2) is 6.54 Å². The SMILES string of the molecule is CCc1ccc2c(c1)C(CC)NCC2. The smallest absolute Gasteiger partial charge is 0.0320 e. The lowest BCUT2D eigenvalue weighted by Gasteiger charge is -2.26. The number of benzene rings is 1. The molecule has 0 fully saturated rings. The third kappa shape index (κ3) is 1.69. The molecular formula is C13H19N. The van der Waals surface area contributed by atoms with E-state index >= 15 is 0 Å². The summed E-state index contributed by atoms with van der Waals surface area (Å²) < 4.78 is 0. The van der Waals surface area contributed by atoms with E-state index in [1.165, 1.54) is 24.0 Å². The maximum absolute atomic E-state index is 3.58. The van der Waals surface area contributed by atoms with Crippen molar-refractivity contribution in [3.8, 4) is 0 Å². The van der Waals surface area contributed by atoms with E-state index in [1.54, 1.807) is 5.56 Å². The van der Waals surface area contributed by atoms with Crippen molar-refractivity contribution in [2.45, 2.75) is 39.2 Å². The molecule has 0 radical (unpaired) electrons. The average Bonchev–Trinajstić information content (AvgIpc) is 2.27. The topological polar surface area (TPSA) is 12.0 Å². The van der Waals surface area contributed by atoms with Gasteiger partial charge in [0.25, 0.3) is 0 Å². The number of hydrogen-bond donors (Lipinski definition) is 1. The molecule has 0 aromatic heterocycles. The van der Waals surface area contributed by atoms with Gasteiger partial charge >= 0.3 is 0 Å². The van der Waals surface area contributed by atoms with E-state index in [0.29, 0.717) is 6.04 Å². The third-order valence-corrected chi connectivity index (χ3v) is 3.19. The zero-order valence-electron chi connectivity index (χ0n) is 9.14. The minimum absolute atomic E-state index is 0.588. The summed E-state index contributed by atoms with van der Waals surface area (Å²) >= 11 is 0. The van der Waals surface area contributed by atoms with Gasteiger partial charge in [-0.1, -0.05) is 32.0 Å². The fraction of sp³-hybridized carbons (Fsp3) is 0.538. The molecule has 1 heterocycles. The van der Waals surface area contributed by atoms with Crippen LogP contribution in [-0.2, 0) is 12.8 Å². The van der Waals surface area contributed by atoms with Gasteiger partial charge in [0.15, 0.2) is 0 Å². The lowest BCUT2D eigenvalue weighted by atomic mass is 9.91. The van der Waals surface area contributed by atoms with Crippen LogP contribution in [0.25, 0.3) is 0 Å². The molecule has 14 heavy (non-hydrogen) atoms. The summed E-state index contributed by atoms with van der Waals surface area (Å²) in [5, 5.41) is 3.58. The van der Waals surface area contributed by atoms with Crippen LogP contribution in [0.1, 0.15) is 43.0 Å². The summed E-state index contributed by atoms with van der Waals surface area (Å²) in [6, 6.07) is 7.56. The molecule has 0 saturated heterocycles. The van der Waals surface area contributed by atoms with Crippen molar-refractivity contribution in [2.24, 2.45) is 0 Å². The van der Waals surface area contributed by atoms with E-state index in [1.807, 2.05) is 0 Å². The van der Waals surface area contributed by atoms with E-state index in [-0.39, 0.29) is 0 Å². The summed E-state index contributed by atoms with van der Waals surface area (Å²) in [5.74, 6) is 0. The van der Waals surface area contributed by atoms with Crippen LogP contribution in [0.3, 0.4) is 0 Å². The van der Waals surface area contributed by atoms with Gasteiger partial charge in [0.05, 0.1) is 0 Å². The monoisotopic (exact) mass is 189 g/mol. The molecule has 1 N–H and O–H groups in total. The summed E-state index contributed by atoms with van der Waals surface area (Å²) in [5.41, 5.74) is 4.55. The van der Waals surface area contributed by atoms with E-state index in [9.17, 15) is 0 Å². The highest BCUT2D eigenvalue weighted by Gasteiger charge is 2.17. The molecule has 1 unspecified atom stereocenters. The zero-order chi connectivity index (χ0) is 9.97. The summed E-state index contributed by atoms with van der Waals surface area (Å²) in [4.78, 5) is 0. The first-order chi connectivity index (χ1) is 6.85. The minimum Gasteiger partial charge on any atom is -0.310 e. The molecule has 1 aliphatic rings. The molecule has 1 heteroatoms. The molecular weight excluding hydrogens is 170 g/mol. The van der Waals surface area contributed by atoms with Crippen molar-refractivity contribution in [2.75, 3.05) is 6.54 Å². The lowest BCUT2D eigenvalue weighted by molar-refractivity contribution is 0.492. The normalized spacial score (nSPS) is 20.6. The third-order valence-electron chi connectivity index (χ3n) is 3.19. The summed E-state index contributed by atoms with van der Waals surface area (Å²) in [6.07, 6.45) is 3.53. The second-order valence-corrected chi connectivity index (χ2v) is 4.05. The van der Waals surface area contributed by atoms with E-state index in [4.69, 9.17) is 0 Å². The van der Waals surface area contributed by atoms with Crippen molar-refractivity contribution in [3.63, 3.8) is 0 Å². The predicted octanol–water partition coefficient (Wildman–Crippen LogP) is 2.85. The Balaban J connectivity index is 2.38. The molecule has 0 saturated carbocycles. The molecule has 1 aliphatic heterocycles. The Bertz CT molecular complexity index is 317. The Labute approximate surface area is 86.5 Å². The van der Waals surface area contributed by atoms with Gasteiger partial charge in [0.1, 0.15) is 0 Å². The van der Waals surface area contributed by atoms with Gasteiger partial charge in [-0.3, -0.25) is 0 Å². The molecule has 0 spiro atoms. The lowest BCUT2D eigenvalue weighted by Crippen LogP contribution is -2.29. The molecule has 2 rings (SSSR count). The molecule has 1 aromatic rings. The van der Waals surface area contributed by atoms with Crippen molar-refractivity contribution in [3.05, 3.63) is 34.9 Å². The highest BCUT2D eigenvalue weighted by atomic mass is 14.9. The minimum atomic E-state index is 0.588. The van der Waals surface area contributed by atoms with Crippen LogP contribution in [0.4, 0.5) is 0 Å². The molecule has 0 amide bonds. The Morgan fingerprint density at radius 3 is 2.93 bits per heavy atom. The van der Waals surface area contributed by atoms with Gasteiger partial charge in [-0.15, -0.1) is 0 Å². The number of fused-ring (bicyclic) bond motifs is 1. The van der Waals surface area contributed by atoms with Gasteiger partial charge in [0.2, 0.25) is 0 Å². The van der Waals surface area contributed by atoms with Crippen LogP contribution in [0.5, 0.6) is 0 Å². The number of rotatable bonds is 2. The maximum Gasteiger partial charge on any atom is 0.0320 e. The van der Waals surface area contributed by atoms with E-state index in [2.05, 4.69) is 37.4 Å². The Kier molecular flexibility index (Phi) is 2.87. The van der Waals surface area contributed by atoms with Gasteiger partial charge in [-0.2, -0.15) is 0 Å². The van der Waals surface area contributed by atoms with Gasteiger partial charge in [-0.05, 0) is 42.5 Å². The quantitative estimate of drug-likeness (QED) is 0.754. The Morgan fingerprint density at radius 2 is 2.21 bits per heavy atom. The summed E-state index contributed by atoms with van der Waals surface area (Å²) in [6.45, 7) is 5.61. The van der Waals surface area contributed by atoms with Crippen molar-refractivity contribution in [1.29, 1.82) is 0 Å². The molecule has 1 aromatic carbocycles. The largest absolute Gasteiger partial charge is 0.310 e. The predicted molar refractivity (Wildman–Crippen MR) is 60.6 cm³/mol. The molecule has 1 nitrogen and oxygen atoms in total. The van der Waals surface area contributed by atoms with Crippen LogP contribution >= 0.6 is 0 Å². The Morgan fingerprint density at radius 1 is 1.36 bits per heavy atom. The standard InChI is InChI=1S/C13H19N/c1-3-10-5-6-11-7-8-14-13(4-2)12(11)9-10/h5-6,9,13-14H,3-4,7-8H2,1-2H3.